The maximum Gasteiger partial charge on any atom is 0.418 e. The van der Waals surface area contributed by atoms with Crippen molar-refractivity contribution >= 4 is 27.6 Å². The molecule has 0 unspecified atom stereocenters. The van der Waals surface area contributed by atoms with E-state index in [9.17, 15) is 18.0 Å². The van der Waals surface area contributed by atoms with Crippen LogP contribution in [0.5, 0.6) is 0 Å². The predicted molar refractivity (Wildman–Crippen MR) is 142 cm³/mol. The maximum atomic E-state index is 14.3. The lowest BCUT2D eigenvalue weighted by atomic mass is 10.0. The Morgan fingerprint density at radius 3 is 2.44 bits per heavy atom. The van der Waals surface area contributed by atoms with E-state index in [0.717, 1.165) is 17.2 Å². The molecule has 2 aromatic carbocycles. The fourth-order valence-corrected chi connectivity index (χ4v) is 5.12. The van der Waals surface area contributed by atoms with Gasteiger partial charge in [0, 0.05) is 56.1 Å². The van der Waals surface area contributed by atoms with Crippen LogP contribution in [0.3, 0.4) is 0 Å². The number of anilines is 1. The molecule has 0 saturated carbocycles. The third kappa shape index (κ3) is 4.19. The molecule has 0 amide bonds. The van der Waals surface area contributed by atoms with Gasteiger partial charge in [0.25, 0.3) is 0 Å². The number of halogens is 3. The van der Waals surface area contributed by atoms with E-state index in [1.807, 2.05) is 18.2 Å². The minimum atomic E-state index is -4.61. The van der Waals surface area contributed by atoms with E-state index in [-0.39, 0.29) is 17.1 Å². The molecule has 11 heteroatoms. The zero-order valence-electron chi connectivity index (χ0n) is 20.8. The van der Waals surface area contributed by atoms with Crippen LogP contribution in [-0.2, 0) is 13.2 Å². The Balaban J connectivity index is 1.59. The second kappa shape index (κ2) is 9.25. The topological polar surface area (TPSA) is 91.8 Å². The molecule has 0 aliphatic carbocycles. The van der Waals surface area contributed by atoms with Crippen molar-refractivity contribution in [2.75, 3.05) is 31.1 Å². The smallest absolute Gasteiger partial charge is 0.368 e. The number of aryl methyl sites for hydroxylation is 1. The van der Waals surface area contributed by atoms with Gasteiger partial charge >= 0.3 is 11.9 Å². The first kappa shape index (κ1) is 24.6. The summed E-state index contributed by atoms with van der Waals surface area (Å²) >= 11 is 0. The molecular formula is C28H22F3N7O. The van der Waals surface area contributed by atoms with Crippen LogP contribution in [0, 0.1) is 11.3 Å². The Morgan fingerprint density at radius 1 is 0.974 bits per heavy atom. The molecule has 3 aromatic heterocycles. The van der Waals surface area contributed by atoms with Crippen molar-refractivity contribution in [1.82, 2.24) is 24.4 Å². The monoisotopic (exact) mass is 529 g/mol. The van der Waals surface area contributed by atoms with Crippen molar-refractivity contribution in [3.8, 4) is 22.9 Å². The summed E-state index contributed by atoms with van der Waals surface area (Å²) < 4.78 is 45.6. The Labute approximate surface area is 220 Å². The Morgan fingerprint density at radius 2 is 1.74 bits per heavy atom. The van der Waals surface area contributed by atoms with Gasteiger partial charge in [-0.2, -0.15) is 18.4 Å². The number of nitriles is 1. The van der Waals surface area contributed by atoms with E-state index >= 15 is 0 Å². The summed E-state index contributed by atoms with van der Waals surface area (Å²) in [6.07, 6.45) is -1.47. The van der Waals surface area contributed by atoms with Crippen LogP contribution in [0.1, 0.15) is 11.3 Å². The molecule has 1 aliphatic rings. The number of hydrogen-bond acceptors (Lipinski definition) is 6. The Bertz CT molecular complexity index is 1830. The van der Waals surface area contributed by atoms with E-state index in [1.54, 1.807) is 48.6 Å². The molecule has 0 bridgehead atoms. The van der Waals surface area contributed by atoms with Crippen LogP contribution < -0.4 is 15.9 Å². The number of nitrogens with zero attached hydrogens (tertiary/aromatic N) is 6. The van der Waals surface area contributed by atoms with Crippen LogP contribution >= 0.6 is 0 Å². The Hall–Kier alpha value is -4.69. The van der Waals surface area contributed by atoms with Gasteiger partial charge < -0.3 is 10.2 Å². The summed E-state index contributed by atoms with van der Waals surface area (Å²) in [4.78, 5) is 23.8. The van der Waals surface area contributed by atoms with Gasteiger partial charge in [-0.05, 0) is 48.0 Å². The van der Waals surface area contributed by atoms with Crippen molar-refractivity contribution in [2.45, 2.75) is 6.18 Å². The van der Waals surface area contributed by atoms with E-state index in [4.69, 9.17) is 5.26 Å². The second-order valence-corrected chi connectivity index (χ2v) is 9.38. The summed E-state index contributed by atoms with van der Waals surface area (Å²) in [6, 6.07) is 14.9. The third-order valence-corrected chi connectivity index (χ3v) is 7.10. The molecule has 196 valence electrons. The van der Waals surface area contributed by atoms with Gasteiger partial charge in [0.05, 0.1) is 34.0 Å². The highest BCUT2D eigenvalue weighted by molar-refractivity contribution is 6.04. The summed E-state index contributed by atoms with van der Waals surface area (Å²) in [7, 11) is 1.57. The number of pyridine rings is 2. The van der Waals surface area contributed by atoms with E-state index in [1.165, 1.54) is 15.2 Å². The average Bonchev–Trinajstić information content (AvgIpc) is 3.22. The normalized spacial score (nSPS) is 14.2. The van der Waals surface area contributed by atoms with Crippen LogP contribution in [0.15, 0.2) is 65.7 Å². The van der Waals surface area contributed by atoms with Crippen molar-refractivity contribution in [3.05, 3.63) is 82.7 Å². The standard InChI is InChI=1S/C28H22F3N7O/c1-36-25-16-35-23-6-3-17(18-2-4-19(14-32)34-15-18)12-21(23)26(25)38(27(36)39)20-5-7-24(22(13-20)28(29,30)31)37-10-8-33-9-11-37/h2-7,12-13,15-16,33H,8-11H2,1H3. The van der Waals surface area contributed by atoms with Crippen molar-refractivity contribution < 1.29 is 13.2 Å². The van der Waals surface area contributed by atoms with Gasteiger partial charge in [0.1, 0.15) is 11.8 Å². The number of fused-ring (bicyclic) bond motifs is 3. The predicted octanol–water partition coefficient (Wildman–Crippen LogP) is 4.24. The molecule has 1 aliphatic heterocycles. The molecular weight excluding hydrogens is 507 g/mol. The summed E-state index contributed by atoms with van der Waals surface area (Å²) in [5, 5.41) is 12.8. The van der Waals surface area contributed by atoms with Crippen LogP contribution in [0.2, 0.25) is 0 Å². The molecule has 4 heterocycles. The minimum absolute atomic E-state index is 0.100. The van der Waals surface area contributed by atoms with Crippen LogP contribution in [-0.4, -0.2) is 45.3 Å². The van der Waals surface area contributed by atoms with Gasteiger partial charge in [0.2, 0.25) is 0 Å². The number of piperazine rings is 1. The minimum Gasteiger partial charge on any atom is -0.368 e. The molecule has 1 saturated heterocycles. The van der Waals surface area contributed by atoms with Crippen molar-refractivity contribution in [3.63, 3.8) is 0 Å². The third-order valence-electron chi connectivity index (χ3n) is 7.10. The molecule has 5 aromatic rings. The molecule has 1 fully saturated rings. The molecule has 6 rings (SSSR count). The largest absolute Gasteiger partial charge is 0.418 e. The van der Waals surface area contributed by atoms with Gasteiger partial charge in [-0.25, -0.2) is 9.78 Å². The number of rotatable bonds is 3. The SMILES string of the molecule is Cn1c(=O)n(-c2ccc(N3CCNCC3)c(C(F)(F)F)c2)c2c3cc(-c4ccc(C#N)nc4)ccc3ncc21. The fraction of sp³-hybridized carbons (Fsp3) is 0.214. The van der Waals surface area contributed by atoms with Crippen LogP contribution in [0.25, 0.3) is 38.8 Å². The van der Waals surface area contributed by atoms with Gasteiger partial charge in [0.15, 0.2) is 0 Å². The summed E-state index contributed by atoms with van der Waals surface area (Å²) in [6.45, 7) is 2.11. The first-order valence-electron chi connectivity index (χ1n) is 12.3. The average molecular weight is 530 g/mol. The van der Waals surface area contributed by atoms with Crippen LogP contribution in [0.4, 0.5) is 18.9 Å². The van der Waals surface area contributed by atoms with Gasteiger partial charge in [-0.1, -0.05) is 6.07 Å². The maximum absolute atomic E-state index is 14.3. The summed E-state index contributed by atoms with van der Waals surface area (Å²) in [5.74, 6) is 0. The lowest BCUT2D eigenvalue weighted by molar-refractivity contribution is -0.137. The molecule has 0 radical (unpaired) electrons. The number of benzene rings is 2. The molecule has 1 N–H and O–H groups in total. The van der Waals surface area contributed by atoms with Gasteiger partial charge in [-0.15, -0.1) is 0 Å². The number of nitrogens with one attached hydrogen (secondary N) is 1. The highest BCUT2D eigenvalue weighted by atomic mass is 19.4. The first-order valence-corrected chi connectivity index (χ1v) is 12.3. The van der Waals surface area contributed by atoms with E-state index < -0.39 is 17.4 Å². The second-order valence-electron chi connectivity index (χ2n) is 9.38. The molecule has 0 atom stereocenters. The van der Waals surface area contributed by atoms with Crippen molar-refractivity contribution in [1.29, 1.82) is 5.26 Å². The number of hydrogen-bond donors (Lipinski definition) is 1. The highest BCUT2D eigenvalue weighted by Crippen LogP contribution is 2.39. The first-order chi connectivity index (χ1) is 18.8. The molecule has 0 spiro atoms. The summed E-state index contributed by atoms with van der Waals surface area (Å²) in [5.41, 5.74) is 2.28. The Kier molecular flexibility index (Phi) is 5.84. The fourth-order valence-electron chi connectivity index (χ4n) is 5.12. The number of imidazole rings is 1. The van der Waals surface area contributed by atoms with Gasteiger partial charge in [-0.3, -0.25) is 14.1 Å². The number of aromatic nitrogens is 4. The lowest BCUT2D eigenvalue weighted by Crippen LogP contribution is -2.44. The molecule has 39 heavy (non-hydrogen) atoms. The zero-order valence-corrected chi connectivity index (χ0v) is 20.8. The lowest BCUT2D eigenvalue weighted by Gasteiger charge is -2.31. The number of alkyl halides is 3. The van der Waals surface area contributed by atoms with Crippen molar-refractivity contribution in [2.24, 2.45) is 7.05 Å². The molecule has 8 nitrogen and oxygen atoms in total. The van der Waals surface area contributed by atoms with E-state index in [2.05, 4.69) is 15.3 Å². The van der Waals surface area contributed by atoms with E-state index in [0.29, 0.717) is 48.1 Å². The zero-order chi connectivity index (χ0) is 27.3. The quantitative estimate of drug-likeness (QED) is 0.376. The highest BCUT2D eigenvalue weighted by Gasteiger charge is 2.36.